The van der Waals surface area contributed by atoms with E-state index < -0.39 is 5.97 Å². The number of carbonyl (C=O) groups excluding carboxylic acids is 3. The second-order valence-electron chi connectivity index (χ2n) is 16.7. The van der Waals surface area contributed by atoms with Gasteiger partial charge < -0.3 is 29.3 Å². The number of methoxy groups -OCH3 is 1. The third-order valence-electron chi connectivity index (χ3n) is 12.2. The molecule has 1 N–H and O–H groups in total. The number of hydrogen-bond acceptors (Lipinski definition) is 10. The number of likely N-dealkylation sites (tertiary alicyclic amines) is 1. The molecule has 2 aromatic carbocycles. The highest BCUT2D eigenvalue weighted by Crippen LogP contribution is 2.33. The van der Waals surface area contributed by atoms with Crippen molar-refractivity contribution >= 4 is 35.3 Å². The van der Waals surface area contributed by atoms with Crippen molar-refractivity contribution < 1.29 is 33.8 Å². The van der Waals surface area contributed by atoms with Gasteiger partial charge in [0.15, 0.2) is 6.61 Å². The van der Waals surface area contributed by atoms with E-state index in [1.807, 2.05) is 53.8 Å². The van der Waals surface area contributed by atoms with Gasteiger partial charge in [0.25, 0.3) is 5.91 Å². The topological polar surface area (TPSA) is 151 Å². The van der Waals surface area contributed by atoms with E-state index in [-0.39, 0.29) is 49.6 Å². The maximum atomic E-state index is 13.3. The fraction of sp³-hybridized carbons (Fsp3) is 0.489. The molecule has 2 amide bonds. The van der Waals surface area contributed by atoms with E-state index in [1.165, 1.54) is 7.11 Å². The van der Waals surface area contributed by atoms with Gasteiger partial charge in [0.05, 0.1) is 24.9 Å². The molecule has 3 aliphatic rings. The fourth-order valence-electron chi connectivity index (χ4n) is 8.96. The monoisotopic (exact) mass is 833 g/mol. The highest BCUT2D eigenvalue weighted by atomic mass is 16.5. The summed E-state index contributed by atoms with van der Waals surface area (Å²) < 4.78 is 13.0. The summed E-state index contributed by atoms with van der Waals surface area (Å²) in [6, 6.07) is 22.2. The van der Waals surface area contributed by atoms with Crippen LogP contribution in [0.4, 0.5) is 11.5 Å². The summed E-state index contributed by atoms with van der Waals surface area (Å²) in [4.78, 5) is 63.5. The summed E-state index contributed by atoms with van der Waals surface area (Å²) in [6.07, 6.45) is 5.42. The SMILES string of the molecule is COC(=O)C[C@H](CN1CC[C@@H](CCc2ccc3c(n2)N(C(=O)COc2ccccc2)CCC3)C1)c1cc(N2CCN(C(=O)CCCC(=O)O)CC2)cc(-n2nc(C)cc2C)c1. The van der Waals surface area contributed by atoms with Crippen LogP contribution in [0.2, 0.25) is 0 Å². The van der Waals surface area contributed by atoms with Crippen LogP contribution >= 0.6 is 0 Å². The number of nitrogens with zero attached hydrogens (tertiary/aromatic N) is 7. The quantitative estimate of drug-likeness (QED) is 0.130. The molecule has 4 aromatic rings. The molecule has 0 saturated carbocycles. The van der Waals surface area contributed by atoms with E-state index in [0.29, 0.717) is 57.4 Å². The van der Waals surface area contributed by atoms with Gasteiger partial charge in [-0.1, -0.05) is 24.3 Å². The molecule has 0 unspecified atom stereocenters. The number of aromatic nitrogens is 3. The van der Waals surface area contributed by atoms with Crippen LogP contribution in [0.25, 0.3) is 5.69 Å². The number of para-hydroxylation sites is 1. The zero-order valence-electron chi connectivity index (χ0n) is 35.8. The van der Waals surface area contributed by atoms with Crippen molar-refractivity contribution in [3.8, 4) is 11.4 Å². The van der Waals surface area contributed by atoms with Crippen molar-refractivity contribution in [2.75, 3.05) is 75.9 Å². The fourth-order valence-corrected chi connectivity index (χ4v) is 8.96. The zero-order valence-corrected chi connectivity index (χ0v) is 35.8. The molecule has 2 aromatic heterocycles. The first-order valence-corrected chi connectivity index (χ1v) is 21.7. The maximum Gasteiger partial charge on any atom is 0.306 e. The Hall–Kier alpha value is -5.76. The summed E-state index contributed by atoms with van der Waals surface area (Å²) in [7, 11) is 1.44. The maximum absolute atomic E-state index is 13.3. The number of fused-ring (bicyclic) bond motifs is 1. The lowest BCUT2D eigenvalue weighted by atomic mass is 9.93. The van der Waals surface area contributed by atoms with Crippen molar-refractivity contribution in [1.82, 2.24) is 24.6 Å². The number of rotatable bonds is 17. The number of pyridine rings is 1. The van der Waals surface area contributed by atoms with Gasteiger partial charge in [-0.15, -0.1) is 0 Å². The predicted molar refractivity (Wildman–Crippen MR) is 232 cm³/mol. The number of piperazine rings is 1. The van der Waals surface area contributed by atoms with E-state index in [0.717, 1.165) is 90.6 Å². The number of ether oxygens (including phenoxy) is 2. The number of carboxylic acid groups (broad SMARTS) is 1. The van der Waals surface area contributed by atoms with E-state index >= 15 is 0 Å². The molecule has 0 aliphatic carbocycles. The second-order valence-corrected chi connectivity index (χ2v) is 16.7. The lowest BCUT2D eigenvalue weighted by Gasteiger charge is -2.37. The number of aliphatic carboxylic acids is 1. The smallest absolute Gasteiger partial charge is 0.306 e. The largest absolute Gasteiger partial charge is 0.484 e. The molecule has 14 heteroatoms. The molecule has 61 heavy (non-hydrogen) atoms. The Labute approximate surface area is 358 Å². The molecule has 3 aliphatic heterocycles. The van der Waals surface area contributed by atoms with Gasteiger partial charge in [-0.2, -0.15) is 5.10 Å². The molecule has 14 nitrogen and oxygen atoms in total. The number of benzene rings is 2. The Bertz CT molecular complexity index is 2170. The van der Waals surface area contributed by atoms with Gasteiger partial charge in [0.1, 0.15) is 11.6 Å². The lowest BCUT2D eigenvalue weighted by Crippen LogP contribution is -2.48. The molecule has 2 saturated heterocycles. The number of aryl methyl sites for hydroxylation is 4. The van der Waals surface area contributed by atoms with E-state index in [4.69, 9.17) is 24.7 Å². The van der Waals surface area contributed by atoms with Crippen LogP contribution < -0.4 is 14.5 Å². The minimum Gasteiger partial charge on any atom is -0.484 e. The molecule has 324 valence electrons. The van der Waals surface area contributed by atoms with E-state index in [2.05, 4.69) is 46.2 Å². The minimum absolute atomic E-state index is 0.0113. The zero-order chi connectivity index (χ0) is 42.9. The minimum atomic E-state index is -0.890. The Balaban J connectivity index is 1.02. The molecule has 0 spiro atoms. The van der Waals surface area contributed by atoms with Crippen molar-refractivity contribution in [3.63, 3.8) is 0 Å². The first-order valence-electron chi connectivity index (χ1n) is 21.7. The van der Waals surface area contributed by atoms with Crippen LogP contribution in [0.1, 0.15) is 79.1 Å². The lowest BCUT2D eigenvalue weighted by molar-refractivity contribution is -0.141. The summed E-state index contributed by atoms with van der Waals surface area (Å²) in [6.45, 7) is 9.52. The van der Waals surface area contributed by atoms with Gasteiger partial charge in [-0.25, -0.2) is 9.67 Å². The number of hydrogen-bond donors (Lipinski definition) is 1. The van der Waals surface area contributed by atoms with Crippen LogP contribution in [0, 0.1) is 19.8 Å². The van der Waals surface area contributed by atoms with Crippen molar-refractivity contribution in [3.05, 3.63) is 94.9 Å². The molecule has 0 radical (unpaired) electrons. The molecule has 2 atom stereocenters. The third kappa shape index (κ3) is 11.3. The Morgan fingerprint density at radius 1 is 0.885 bits per heavy atom. The summed E-state index contributed by atoms with van der Waals surface area (Å²) >= 11 is 0. The molecule has 5 heterocycles. The number of carbonyl (C=O) groups is 4. The van der Waals surface area contributed by atoms with Crippen LogP contribution in [0.5, 0.6) is 5.75 Å². The molecule has 7 rings (SSSR count). The highest BCUT2D eigenvalue weighted by Gasteiger charge is 2.30. The number of amides is 2. The Kier molecular flexibility index (Phi) is 14.4. The van der Waals surface area contributed by atoms with Gasteiger partial charge >= 0.3 is 11.9 Å². The van der Waals surface area contributed by atoms with Crippen molar-refractivity contribution in [2.45, 2.75) is 77.6 Å². The summed E-state index contributed by atoms with van der Waals surface area (Å²) in [5.41, 5.74) is 6.97. The van der Waals surface area contributed by atoms with Crippen molar-refractivity contribution in [1.29, 1.82) is 0 Å². The predicted octanol–water partition coefficient (Wildman–Crippen LogP) is 5.75. The summed E-state index contributed by atoms with van der Waals surface area (Å²) in [5, 5.41) is 13.8. The summed E-state index contributed by atoms with van der Waals surface area (Å²) in [5.74, 6) is 0.520. The van der Waals surface area contributed by atoms with Crippen LogP contribution in [0.3, 0.4) is 0 Å². The average Bonchev–Trinajstić information content (AvgIpc) is 3.88. The van der Waals surface area contributed by atoms with Gasteiger partial charge in [-0.3, -0.25) is 24.1 Å². The van der Waals surface area contributed by atoms with Gasteiger partial charge in [-0.05, 0) is 118 Å². The molecule has 0 bridgehead atoms. The Morgan fingerprint density at radius 2 is 1.67 bits per heavy atom. The third-order valence-corrected chi connectivity index (χ3v) is 12.2. The van der Waals surface area contributed by atoms with E-state index in [9.17, 15) is 19.2 Å². The molecular formula is C47H59N7O7. The number of anilines is 2. The normalized spacial score (nSPS) is 17.2. The van der Waals surface area contributed by atoms with Crippen LogP contribution in [-0.2, 0) is 36.8 Å². The highest BCUT2D eigenvalue weighted by molar-refractivity contribution is 5.94. The second kappa shape index (κ2) is 20.2. The molecule has 2 fully saturated rings. The van der Waals surface area contributed by atoms with Crippen LogP contribution in [-0.4, -0.2) is 119 Å². The van der Waals surface area contributed by atoms with Crippen molar-refractivity contribution in [2.24, 2.45) is 5.92 Å². The number of esters is 1. The Morgan fingerprint density at radius 3 is 2.41 bits per heavy atom. The average molecular weight is 834 g/mol. The standard InChI is InChI=1S/C47H59N7O7/c1-33-25-34(2)54(49-33)41-27-37(26-40(29-41)51-21-23-52(24-22-51)43(55)12-7-13-45(57)58)38(28-46(59)60-3)31-50-20-18-35(30-50)14-16-39-17-15-36-9-8-19-53(47(36)48-39)44(56)32-61-42-10-5-4-6-11-42/h4-6,10-11,15,17,25-27,29,35,38H,7-9,12-14,16,18-24,28,30-32H2,1-3H3,(H,57,58)/t35-,38-/m1/s1. The van der Waals surface area contributed by atoms with E-state index in [1.54, 1.807) is 4.90 Å². The first kappa shape index (κ1) is 43.3. The van der Waals surface area contributed by atoms with Crippen LogP contribution in [0.15, 0.2) is 66.7 Å². The molecular weight excluding hydrogens is 775 g/mol. The number of carboxylic acids is 1. The van der Waals surface area contributed by atoms with Gasteiger partial charge in [0.2, 0.25) is 5.91 Å². The van der Waals surface area contributed by atoms with Gasteiger partial charge in [0, 0.05) is 81.6 Å². The first-order chi connectivity index (χ1) is 29.5.